The molecule has 1 aliphatic carbocycles. The van der Waals surface area contributed by atoms with E-state index < -0.39 is 5.91 Å². The molecule has 0 saturated heterocycles. The summed E-state index contributed by atoms with van der Waals surface area (Å²) in [6, 6.07) is 7.19. The molecular formula is C17H14BrN3O2. The quantitative estimate of drug-likeness (QED) is 0.824. The van der Waals surface area contributed by atoms with Crippen LogP contribution in [-0.4, -0.2) is 16.2 Å². The van der Waals surface area contributed by atoms with E-state index in [1.165, 1.54) is 6.20 Å². The predicted molar refractivity (Wildman–Crippen MR) is 94.9 cm³/mol. The molecule has 1 amide bonds. The average Bonchev–Trinajstić information content (AvgIpc) is 2.57. The van der Waals surface area contributed by atoms with Gasteiger partial charge in [-0.05, 0) is 24.3 Å². The van der Waals surface area contributed by atoms with Crippen LogP contribution in [0.3, 0.4) is 0 Å². The number of carbonyl (C=O) groups is 1. The van der Waals surface area contributed by atoms with Gasteiger partial charge in [-0.3, -0.25) is 9.59 Å². The van der Waals surface area contributed by atoms with Gasteiger partial charge >= 0.3 is 0 Å². The van der Waals surface area contributed by atoms with Gasteiger partial charge in [0.15, 0.2) is 0 Å². The lowest BCUT2D eigenvalue weighted by Gasteiger charge is -2.08. The number of allylic oxidation sites excluding steroid dienone is 4. The summed E-state index contributed by atoms with van der Waals surface area (Å²) in [5, 5.41) is 4.58. The summed E-state index contributed by atoms with van der Waals surface area (Å²) in [7, 11) is 1.80. The minimum Gasteiger partial charge on any atom is -0.350 e. The van der Waals surface area contributed by atoms with E-state index in [0.29, 0.717) is 11.8 Å². The second kappa shape index (κ2) is 6.34. The van der Waals surface area contributed by atoms with Crippen molar-refractivity contribution in [3.05, 3.63) is 69.0 Å². The van der Waals surface area contributed by atoms with E-state index in [2.05, 4.69) is 26.5 Å². The number of hydrogen-bond acceptors (Lipinski definition) is 3. The summed E-state index contributed by atoms with van der Waals surface area (Å²) < 4.78 is 2.74. The number of aryl methyl sites for hydroxylation is 1. The number of nitrogens with zero attached hydrogens (tertiary/aromatic N) is 2. The van der Waals surface area contributed by atoms with Gasteiger partial charge in [-0.15, -0.1) is 0 Å². The number of nitrogens with one attached hydrogen (secondary N) is 1. The lowest BCUT2D eigenvalue weighted by molar-refractivity contribution is 0.0953. The van der Waals surface area contributed by atoms with Crippen molar-refractivity contribution in [3.8, 4) is 0 Å². The van der Waals surface area contributed by atoms with Crippen LogP contribution in [0.2, 0.25) is 0 Å². The van der Waals surface area contributed by atoms with Crippen molar-refractivity contribution in [1.82, 2.24) is 9.99 Å². The Morgan fingerprint density at radius 2 is 2.09 bits per heavy atom. The second-order valence-electron chi connectivity index (χ2n) is 5.17. The van der Waals surface area contributed by atoms with Gasteiger partial charge < -0.3 is 4.57 Å². The van der Waals surface area contributed by atoms with Gasteiger partial charge in [-0.2, -0.15) is 5.10 Å². The molecule has 0 unspecified atom stereocenters. The van der Waals surface area contributed by atoms with Crippen LogP contribution in [-0.2, 0) is 7.05 Å². The Balaban J connectivity index is 1.90. The van der Waals surface area contributed by atoms with Crippen LogP contribution in [0, 0.1) is 0 Å². The summed E-state index contributed by atoms with van der Waals surface area (Å²) in [6.07, 6.45) is 7.76. The zero-order valence-corrected chi connectivity index (χ0v) is 14.0. The number of carbonyl (C=O) groups excluding carboxylic acids is 1. The molecule has 1 aromatic carbocycles. The zero-order chi connectivity index (χ0) is 16.4. The Labute approximate surface area is 141 Å². The van der Waals surface area contributed by atoms with E-state index in [1.807, 2.05) is 30.4 Å². The standard InChI is InChI=1S/C17H14BrN3O2/c1-21-10-14(16(22)13-4-2-3-5-15(13)21)17(23)20-19-12-8-6-11(18)7-9-12/h2-8,10H,9H2,1H3,(H,20,23)/b19-12-. The maximum Gasteiger partial charge on any atom is 0.276 e. The van der Waals surface area contributed by atoms with Crippen LogP contribution < -0.4 is 10.9 Å². The molecular weight excluding hydrogens is 358 g/mol. The van der Waals surface area contributed by atoms with Crippen LogP contribution in [0.1, 0.15) is 16.8 Å². The molecule has 0 bridgehead atoms. The molecule has 0 spiro atoms. The first-order valence-corrected chi connectivity index (χ1v) is 7.84. The van der Waals surface area contributed by atoms with Gasteiger partial charge in [-0.1, -0.05) is 34.1 Å². The van der Waals surface area contributed by atoms with Gasteiger partial charge in [-0.25, -0.2) is 5.43 Å². The van der Waals surface area contributed by atoms with E-state index in [9.17, 15) is 9.59 Å². The van der Waals surface area contributed by atoms with E-state index in [4.69, 9.17) is 0 Å². The van der Waals surface area contributed by atoms with Crippen LogP contribution in [0.5, 0.6) is 0 Å². The maximum absolute atomic E-state index is 12.5. The Morgan fingerprint density at radius 3 is 2.83 bits per heavy atom. The molecule has 0 atom stereocenters. The van der Waals surface area contributed by atoms with Crippen molar-refractivity contribution in [2.75, 3.05) is 0 Å². The molecule has 0 fully saturated rings. The number of benzene rings is 1. The summed E-state index contributed by atoms with van der Waals surface area (Å²) >= 11 is 3.36. The Bertz CT molecular complexity index is 938. The normalized spacial score (nSPS) is 15.7. The molecule has 6 heteroatoms. The number of amides is 1. The minimum absolute atomic E-state index is 0.0760. The monoisotopic (exact) mass is 371 g/mol. The number of hydrogen-bond donors (Lipinski definition) is 1. The maximum atomic E-state index is 12.5. The van der Waals surface area contributed by atoms with E-state index >= 15 is 0 Å². The SMILES string of the molecule is Cn1cc(C(=O)N/N=C2/C=CC(Br)=CC2)c(=O)c2ccccc21. The summed E-state index contributed by atoms with van der Waals surface area (Å²) in [4.78, 5) is 24.8. The number of para-hydroxylation sites is 1. The zero-order valence-electron chi connectivity index (χ0n) is 12.4. The van der Waals surface area contributed by atoms with Crippen molar-refractivity contribution >= 4 is 38.5 Å². The molecule has 1 N–H and O–H groups in total. The lowest BCUT2D eigenvalue weighted by atomic mass is 10.1. The first-order valence-electron chi connectivity index (χ1n) is 7.05. The molecule has 0 radical (unpaired) electrons. The largest absolute Gasteiger partial charge is 0.350 e. The third-order valence-electron chi connectivity index (χ3n) is 3.58. The van der Waals surface area contributed by atoms with Crippen molar-refractivity contribution in [3.63, 3.8) is 0 Å². The predicted octanol–water partition coefficient (Wildman–Crippen LogP) is 2.86. The van der Waals surface area contributed by atoms with Gasteiger partial charge in [0.25, 0.3) is 5.91 Å². The summed E-state index contributed by atoms with van der Waals surface area (Å²) in [5.41, 5.74) is 3.74. The highest BCUT2D eigenvalue weighted by molar-refractivity contribution is 9.11. The fraction of sp³-hybridized carbons (Fsp3) is 0.118. The molecule has 0 saturated carbocycles. The number of aromatic nitrogens is 1. The Kier molecular flexibility index (Phi) is 4.25. The molecule has 23 heavy (non-hydrogen) atoms. The van der Waals surface area contributed by atoms with Gasteiger partial charge in [0.2, 0.25) is 5.43 Å². The van der Waals surface area contributed by atoms with Crippen LogP contribution >= 0.6 is 15.9 Å². The first-order chi connectivity index (χ1) is 11.1. The fourth-order valence-electron chi connectivity index (χ4n) is 2.38. The van der Waals surface area contributed by atoms with Crippen molar-refractivity contribution in [1.29, 1.82) is 0 Å². The van der Waals surface area contributed by atoms with Crippen molar-refractivity contribution in [2.24, 2.45) is 12.1 Å². The van der Waals surface area contributed by atoms with Crippen molar-refractivity contribution < 1.29 is 4.79 Å². The molecule has 3 rings (SSSR count). The minimum atomic E-state index is -0.508. The lowest BCUT2D eigenvalue weighted by Crippen LogP contribution is -2.27. The summed E-state index contributed by atoms with van der Waals surface area (Å²) in [6.45, 7) is 0. The number of hydrazone groups is 1. The molecule has 1 heterocycles. The van der Waals surface area contributed by atoms with E-state index in [1.54, 1.807) is 23.7 Å². The molecule has 116 valence electrons. The van der Waals surface area contributed by atoms with Crippen molar-refractivity contribution in [2.45, 2.75) is 6.42 Å². The molecule has 5 nitrogen and oxygen atoms in total. The Hall–Kier alpha value is -2.47. The third-order valence-corrected chi connectivity index (χ3v) is 4.17. The number of fused-ring (bicyclic) bond motifs is 1. The summed E-state index contributed by atoms with van der Waals surface area (Å²) in [5.74, 6) is -0.508. The smallest absolute Gasteiger partial charge is 0.276 e. The molecule has 1 aromatic heterocycles. The Morgan fingerprint density at radius 1 is 1.30 bits per heavy atom. The molecule has 2 aromatic rings. The highest BCUT2D eigenvalue weighted by Gasteiger charge is 2.14. The third kappa shape index (κ3) is 3.17. The second-order valence-corrected chi connectivity index (χ2v) is 6.09. The van der Waals surface area contributed by atoms with Gasteiger partial charge in [0, 0.05) is 29.5 Å². The highest BCUT2D eigenvalue weighted by Crippen LogP contribution is 2.13. The van der Waals surface area contributed by atoms with Gasteiger partial charge in [0.05, 0.1) is 11.2 Å². The number of pyridine rings is 1. The van der Waals surface area contributed by atoms with Gasteiger partial charge in [0.1, 0.15) is 5.56 Å². The van der Waals surface area contributed by atoms with E-state index in [-0.39, 0.29) is 11.0 Å². The van der Waals surface area contributed by atoms with Crippen LogP contribution in [0.15, 0.2) is 63.1 Å². The van der Waals surface area contributed by atoms with E-state index in [0.717, 1.165) is 15.7 Å². The average molecular weight is 372 g/mol. The topological polar surface area (TPSA) is 63.5 Å². The van der Waals surface area contributed by atoms with Crippen LogP contribution in [0.25, 0.3) is 10.9 Å². The number of rotatable bonds is 2. The fourth-order valence-corrected chi connectivity index (χ4v) is 2.68. The number of halogens is 1. The van der Waals surface area contributed by atoms with Crippen LogP contribution in [0.4, 0.5) is 0 Å². The highest BCUT2D eigenvalue weighted by atomic mass is 79.9. The first kappa shape index (κ1) is 15.4. The molecule has 0 aliphatic heterocycles. The molecule has 1 aliphatic rings.